The lowest BCUT2D eigenvalue weighted by molar-refractivity contribution is -0.136. The molecule has 0 atom stereocenters. The number of rotatable bonds is 3. The highest BCUT2D eigenvalue weighted by Crippen LogP contribution is 2.34. The number of hydrogen-bond donors (Lipinski definition) is 3. The van der Waals surface area contributed by atoms with Gasteiger partial charge in [-0.05, 0) is 18.2 Å². The van der Waals surface area contributed by atoms with Crippen LogP contribution in [0.5, 0.6) is 0 Å². The molecular formula is C9H11F3N2O. The number of halogens is 3. The molecule has 15 heavy (non-hydrogen) atoms. The molecule has 0 fully saturated rings. The lowest BCUT2D eigenvalue weighted by Crippen LogP contribution is -2.11. The molecule has 0 saturated carbocycles. The van der Waals surface area contributed by atoms with E-state index in [0.717, 1.165) is 6.07 Å². The van der Waals surface area contributed by atoms with E-state index < -0.39 is 11.7 Å². The summed E-state index contributed by atoms with van der Waals surface area (Å²) < 4.78 is 37.2. The fourth-order valence-electron chi connectivity index (χ4n) is 1.11. The van der Waals surface area contributed by atoms with Crippen LogP contribution in [0.2, 0.25) is 0 Å². The van der Waals surface area contributed by atoms with Crippen molar-refractivity contribution in [1.29, 1.82) is 0 Å². The van der Waals surface area contributed by atoms with Crippen molar-refractivity contribution in [3.05, 3.63) is 23.8 Å². The highest BCUT2D eigenvalue weighted by Gasteiger charge is 2.33. The van der Waals surface area contributed by atoms with Gasteiger partial charge in [0.2, 0.25) is 0 Å². The molecule has 0 saturated heterocycles. The maximum absolute atomic E-state index is 12.4. The first-order valence-corrected chi connectivity index (χ1v) is 4.26. The largest absolute Gasteiger partial charge is 0.418 e. The van der Waals surface area contributed by atoms with Gasteiger partial charge in [0.05, 0.1) is 12.2 Å². The van der Waals surface area contributed by atoms with Crippen LogP contribution < -0.4 is 11.1 Å². The molecule has 1 aromatic carbocycles. The Balaban J connectivity index is 2.95. The maximum Gasteiger partial charge on any atom is 0.418 e. The van der Waals surface area contributed by atoms with Gasteiger partial charge in [0.1, 0.15) is 0 Å². The van der Waals surface area contributed by atoms with E-state index in [4.69, 9.17) is 10.8 Å². The first-order chi connectivity index (χ1) is 6.95. The molecule has 84 valence electrons. The summed E-state index contributed by atoms with van der Waals surface area (Å²) in [6.07, 6.45) is -4.46. The van der Waals surface area contributed by atoms with Crippen LogP contribution in [-0.4, -0.2) is 18.3 Å². The van der Waals surface area contributed by atoms with E-state index >= 15 is 0 Å². The zero-order valence-corrected chi connectivity index (χ0v) is 7.80. The Labute approximate surface area is 84.7 Å². The molecule has 0 aliphatic heterocycles. The van der Waals surface area contributed by atoms with Crippen molar-refractivity contribution in [3.8, 4) is 0 Å². The normalized spacial score (nSPS) is 11.5. The van der Waals surface area contributed by atoms with Gasteiger partial charge in [-0.1, -0.05) is 0 Å². The van der Waals surface area contributed by atoms with Crippen molar-refractivity contribution in [2.45, 2.75) is 6.18 Å². The SMILES string of the molecule is Nc1ccc(NCCO)cc1C(F)(F)F. The fraction of sp³-hybridized carbons (Fsp3) is 0.333. The predicted molar refractivity (Wildman–Crippen MR) is 51.4 cm³/mol. The lowest BCUT2D eigenvalue weighted by Gasteiger charge is -2.12. The van der Waals surface area contributed by atoms with E-state index in [0.29, 0.717) is 0 Å². The molecule has 0 radical (unpaired) electrons. The second-order valence-electron chi connectivity index (χ2n) is 2.95. The lowest BCUT2D eigenvalue weighted by atomic mass is 10.1. The molecule has 1 aromatic rings. The van der Waals surface area contributed by atoms with Gasteiger partial charge in [-0.3, -0.25) is 0 Å². The summed E-state index contributed by atoms with van der Waals surface area (Å²) in [5.41, 5.74) is 4.31. The number of nitrogens with one attached hydrogen (secondary N) is 1. The summed E-state index contributed by atoms with van der Waals surface area (Å²) in [6, 6.07) is 3.54. The Kier molecular flexibility index (Phi) is 3.41. The molecule has 0 aliphatic rings. The first-order valence-electron chi connectivity index (χ1n) is 4.26. The van der Waals surface area contributed by atoms with E-state index in [2.05, 4.69) is 5.32 Å². The molecular weight excluding hydrogens is 209 g/mol. The van der Waals surface area contributed by atoms with Gasteiger partial charge < -0.3 is 16.2 Å². The molecule has 0 unspecified atom stereocenters. The minimum Gasteiger partial charge on any atom is -0.398 e. The number of aliphatic hydroxyl groups is 1. The van der Waals surface area contributed by atoms with E-state index in [1.165, 1.54) is 12.1 Å². The molecule has 6 heteroatoms. The average molecular weight is 220 g/mol. The minimum atomic E-state index is -4.46. The van der Waals surface area contributed by atoms with Crippen molar-refractivity contribution in [2.75, 3.05) is 24.2 Å². The highest BCUT2D eigenvalue weighted by molar-refractivity contribution is 5.58. The second-order valence-corrected chi connectivity index (χ2v) is 2.95. The van der Waals surface area contributed by atoms with Crippen molar-refractivity contribution in [1.82, 2.24) is 0 Å². The molecule has 0 bridgehead atoms. The summed E-state index contributed by atoms with van der Waals surface area (Å²) in [5.74, 6) is 0. The molecule has 1 rings (SSSR count). The fourth-order valence-corrected chi connectivity index (χ4v) is 1.11. The average Bonchev–Trinajstić information content (AvgIpc) is 2.15. The van der Waals surface area contributed by atoms with E-state index in [9.17, 15) is 13.2 Å². The minimum absolute atomic E-state index is 0.147. The topological polar surface area (TPSA) is 58.3 Å². The molecule has 0 aliphatic carbocycles. The Morgan fingerprint density at radius 3 is 2.53 bits per heavy atom. The Morgan fingerprint density at radius 2 is 2.00 bits per heavy atom. The van der Waals surface area contributed by atoms with E-state index in [1.54, 1.807) is 0 Å². The van der Waals surface area contributed by atoms with Gasteiger partial charge in [0.15, 0.2) is 0 Å². The van der Waals surface area contributed by atoms with Gasteiger partial charge in [0, 0.05) is 17.9 Å². The number of anilines is 2. The van der Waals surface area contributed by atoms with Gasteiger partial charge in [-0.25, -0.2) is 0 Å². The van der Waals surface area contributed by atoms with Gasteiger partial charge in [0.25, 0.3) is 0 Å². The van der Waals surface area contributed by atoms with Crippen LogP contribution in [0.1, 0.15) is 5.56 Å². The van der Waals surface area contributed by atoms with Crippen LogP contribution in [0.25, 0.3) is 0 Å². The number of aliphatic hydroxyl groups excluding tert-OH is 1. The molecule has 0 heterocycles. The Morgan fingerprint density at radius 1 is 1.33 bits per heavy atom. The number of alkyl halides is 3. The first kappa shape index (κ1) is 11.6. The van der Waals surface area contributed by atoms with Crippen LogP contribution >= 0.6 is 0 Å². The van der Waals surface area contributed by atoms with Gasteiger partial charge in [-0.15, -0.1) is 0 Å². The van der Waals surface area contributed by atoms with E-state index in [-0.39, 0.29) is 24.5 Å². The molecule has 0 spiro atoms. The number of benzene rings is 1. The number of nitrogen functional groups attached to an aromatic ring is 1. The maximum atomic E-state index is 12.4. The summed E-state index contributed by atoms with van der Waals surface area (Å²) in [6.45, 7) is 0.0486. The summed E-state index contributed by atoms with van der Waals surface area (Å²) in [7, 11) is 0. The van der Waals surface area contributed by atoms with Crippen LogP contribution in [0, 0.1) is 0 Å². The Hall–Kier alpha value is -1.43. The highest BCUT2D eigenvalue weighted by atomic mass is 19.4. The van der Waals surface area contributed by atoms with Crippen LogP contribution in [0.3, 0.4) is 0 Å². The van der Waals surface area contributed by atoms with Crippen LogP contribution in [-0.2, 0) is 6.18 Å². The number of nitrogens with two attached hydrogens (primary N) is 1. The quantitative estimate of drug-likeness (QED) is 0.679. The van der Waals surface area contributed by atoms with Gasteiger partial charge >= 0.3 is 6.18 Å². The molecule has 3 nitrogen and oxygen atoms in total. The number of hydrogen-bond acceptors (Lipinski definition) is 3. The standard InChI is InChI=1S/C9H11F3N2O/c10-9(11,12)7-5-6(14-3-4-15)1-2-8(7)13/h1-2,5,14-15H,3-4,13H2. The van der Waals surface area contributed by atoms with Crippen molar-refractivity contribution >= 4 is 11.4 Å². The third kappa shape index (κ3) is 3.02. The van der Waals surface area contributed by atoms with E-state index in [1.807, 2.05) is 0 Å². The predicted octanol–water partition coefficient (Wildman–Crippen LogP) is 1.69. The summed E-state index contributed by atoms with van der Waals surface area (Å²) in [4.78, 5) is 0. The summed E-state index contributed by atoms with van der Waals surface area (Å²) in [5, 5.41) is 11.1. The zero-order chi connectivity index (χ0) is 11.5. The third-order valence-corrected chi connectivity index (χ3v) is 1.80. The monoisotopic (exact) mass is 220 g/mol. The second kappa shape index (κ2) is 4.39. The van der Waals surface area contributed by atoms with Crippen molar-refractivity contribution in [3.63, 3.8) is 0 Å². The summed E-state index contributed by atoms with van der Waals surface area (Å²) >= 11 is 0. The Bertz CT molecular complexity index is 339. The van der Waals surface area contributed by atoms with Crippen molar-refractivity contribution in [2.24, 2.45) is 0 Å². The van der Waals surface area contributed by atoms with Crippen LogP contribution in [0.4, 0.5) is 24.5 Å². The molecule has 0 aromatic heterocycles. The third-order valence-electron chi connectivity index (χ3n) is 1.80. The van der Waals surface area contributed by atoms with Crippen molar-refractivity contribution < 1.29 is 18.3 Å². The molecule has 4 N–H and O–H groups in total. The molecule has 0 amide bonds. The van der Waals surface area contributed by atoms with Gasteiger partial charge in [-0.2, -0.15) is 13.2 Å². The van der Waals surface area contributed by atoms with Crippen LogP contribution in [0.15, 0.2) is 18.2 Å². The smallest absolute Gasteiger partial charge is 0.398 e. The zero-order valence-electron chi connectivity index (χ0n) is 7.80.